The first kappa shape index (κ1) is 19.7. The van der Waals surface area contributed by atoms with Crippen molar-refractivity contribution in [3.8, 4) is 0 Å². The van der Waals surface area contributed by atoms with E-state index in [4.69, 9.17) is 23.2 Å². The molecular weight excluding hydrogens is 394 g/mol. The lowest BCUT2D eigenvalue weighted by Crippen LogP contribution is -2.32. The van der Waals surface area contributed by atoms with Crippen LogP contribution in [0.25, 0.3) is 0 Å². The van der Waals surface area contributed by atoms with Crippen molar-refractivity contribution in [2.45, 2.75) is 6.18 Å². The molecule has 2 amide bonds. The summed E-state index contributed by atoms with van der Waals surface area (Å²) in [5.41, 5.74) is 0.837. The zero-order chi connectivity index (χ0) is 19.3. The van der Waals surface area contributed by atoms with Gasteiger partial charge in [-0.3, -0.25) is 9.59 Å². The van der Waals surface area contributed by atoms with Crippen LogP contribution in [-0.2, 0) is 15.8 Å². The van der Waals surface area contributed by atoms with Gasteiger partial charge in [-0.1, -0.05) is 41.4 Å². The van der Waals surface area contributed by atoms with E-state index in [2.05, 4.69) is 10.4 Å². The summed E-state index contributed by atoms with van der Waals surface area (Å²) in [5, 5.41) is 6.10. The van der Waals surface area contributed by atoms with Crippen LogP contribution in [0.4, 0.5) is 18.9 Å². The van der Waals surface area contributed by atoms with Crippen molar-refractivity contribution in [2.75, 3.05) is 5.32 Å². The maximum Gasteiger partial charge on any atom is 0.417 e. The lowest BCUT2D eigenvalue weighted by molar-refractivity contribution is -0.137. The summed E-state index contributed by atoms with van der Waals surface area (Å²) in [6, 6.07) is 8.81. The molecule has 10 heteroatoms. The molecule has 0 radical (unpaired) electrons. The summed E-state index contributed by atoms with van der Waals surface area (Å²) < 4.78 is 38.5. The van der Waals surface area contributed by atoms with Gasteiger partial charge in [0.1, 0.15) is 0 Å². The molecule has 26 heavy (non-hydrogen) atoms. The molecule has 0 aromatic heterocycles. The number of hydrogen-bond acceptors (Lipinski definition) is 3. The highest BCUT2D eigenvalue weighted by atomic mass is 35.5. The maximum atomic E-state index is 12.8. The van der Waals surface area contributed by atoms with Crippen LogP contribution in [0.3, 0.4) is 0 Å². The summed E-state index contributed by atoms with van der Waals surface area (Å²) in [6.45, 7) is 0. The highest BCUT2D eigenvalue weighted by Crippen LogP contribution is 2.31. The number of benzene rings is 2. The van der Waals surface area contributed by atoms with Gasteiger partial charge in [-0.15, -0.1) is 0 Å². The Morgan fingerprint density at radius 1 is 1.00 bits per heavy atom. The van der Waals surface area contributed by atoms with Crippen molar-refractivity contribution in [1.29, 1.82) is 0 Å². The number of hydrogen-bond donors (Lipinski definition) is 2. The van der Waals surface area contributed by atoms with Crippen molar-refractivity contribution in [3.05, 3.63) is 63.6 Å². The average molecular weight is 404 g/mol. The van der Waals surface area contributed by atoms with Crippen LogP contribution in [-0.4, -0.2) is 18.0 Å². The standard InChI is InChI=1S/C16H10Cl2F3N3O2/c17-10-5-11(18)7-12(6-10)23-14(25)15(26)24-22-8-9-3-1-2-4-13(9)16(19,20)21/h1-8H,(H,23,25)(H,24,26)/b22-8-. The predicted octanol–water partition coefficient (Wildman–Crippen LogP) is 4.10. The van der Waals surface area contributed by atoms with Gasteiger partial charge in [-0.25, -0.2) is 5.43 Å². The molecule has 0 heterocycles. The largest absolute Gasteiger partial charge is 0.417 e. The van der Waals surface area contributed by atoms with Crippen molar-refractivity contribution in [3.63, 3.8) is 0 Å². The number of rotatable bonds is 3. The van der Waals surface area contributed by atoms with E-state index in [0.717, 1.165) is 12.3 Å². The number of halogens is 5. The fourth-order valence-electron chi connectivity index (χ4n) is 1.89. The van der Waals surface area contributed by atoms with Gasteiger partial charge in [-0.05, 0) is 24.3 Å². The molecule has 2 aromatic rings. The number of alkyl halides is 3. The molecule has 2 aromatic carbocycles. The molecule has 0 unspecified atom stereocenters. The van der Waals surface area contributed by atoms with Crippen LogP contribution in [0, 0.1) is 0 Å². The fourth-order valence-corrected chi connectivity index (χ4v) is 2.42. The topological polar surface area (TPSA) is 70.6 Å². The number of carbonyl (C=O) groups excluding carboxylic acids is 2. The van der Waals surface area contributed by atoms with Gasteiger partial charge < -0.3 is 5.32 Å². The third-order valence-corrected chi connectivity index (χ3v) is 3.40. The van der Waals surface area contributed by atoms with Crippen LogP contribution in [0.2, 0.25) is 10.0 Å². The van der Waals surface area contributed by atoms with Gasteiger partial charge in [0.25, 0.3) is 0 Å². The van der Waals surface area contributed by atoms with Gasteiger partial charge in [-0.2, -0.15) is 18.3 Å². The predicted molar refractivity (Wildman–Crippen MR) is 92.3 cm³/mol. The molecule has 136 valence electrons. The minimum absolute atomic E-state index is 0.175. The van der Waals surface area contributed by atoms with E-state index in [1.54, 1.807) is 0 Å². The molecule has 2 rings (SSSR count). The highest BCUT2D eigenvalue weighted by molar-refractivity contribution is 6.40. The van der Waals surface area contributed by atoms with Crippen molar-refractivity contribution < 1.29 is 22.8 Å². The lowest BCUT2D eigenvalue weighted by Gasteiger charge is -2.09. The number of carbonyl (C=O) groups is 2. The van der Waals surface area contributed by atoms with Crippen LogP contribution < -0.4 is 10.7 Å². The monoisotopic (exact) mass is 403 g/mol. The third-order valence-electron chi connectivity index (χ3n) is 2.96. The molecule has 0 aliphatic heterocycles. The van der Waals surface area contributed by atoms with Crippen LogP contribution in [0.1, 0.15) is 11.1 Å². The first-order valence-corrected chi connectivity index (χ1v) is 7.69. The molecule has 0 spiro atoms. The van der Waals surface area contributed by atoms with Gasteiger partial charge in [0.15, 0.2) is 0 Å². The third kappa shape index (κ3) is 5.47. The quantitative estimate of drug-likeness (QED) is 0.460. The Morgan fingerprint density at radius 2 is 1.62 bits per heavy atom. The maximum absolute atomic E-state index is 12.8. The lowest BCUT2D eigenvalue weighted by atomic mass is 10.1. The first-order chi connectivity index (χ1) is 12.2. The molecule has 2 N–H and O–H groups in total. The molecule has 0 aliphatic carbocycles. The Hall–Kier alpha value is -2.58. The molecule has 0 saturated heterocycles. The Kier molecular flexibility index (Phi) is 6.23. The second-order valence-electron chi connectivity index (χ2n) is 4.90. The zero-order valence-corrected chi connectivity index (χ0v) is 14.3. The molecule has 0 fully saturated rings. The van der Waals surface area contributed by atoms with Gasteiger partial charge in [0.05, 0.1) is 11.8 Å². The highest BCUT2D eigenvalue weighted by Gasteiger charge is 2.32. The van der Waals surface area contributed by atoms with Crippen molar-refractivity contribution >= 4 is 46.9 Å². The fraction of sp³-hybridized carbons (Fsp3) is 0.0625. The van der Waals surface area contributed by atoms with E-state index in [-0.39, 0.29) is 21.3 Å². The summed E-state index contributed by atoms with van der Waals surface area (Å²) in [5.74, 6) is -2.27. The van der Waals surface area contributed by atoms with Crippen molar-refractivity contribution in [1.82, 2.24) is 5.43 Å². The van der Waals surface area contributed by atoms with Crippen LogP contribution in [0.5, 0.6) is 0 Å². The smallest absolute Gasteiger partial charge is 0.318 e. The van der Waals surface area contributed by atoms with E-state index in [0.29, 0.717) is 0 Å². The van der Waals surface area contributed by atoms with Gasteiger partial charge in [0.2, 0.25) is 0 Å². The molecular formula is C16H10Cl2F3N3O2. The average Bonchev–Trinajstić information content (AvgIpc) is 2.53. The molecule has 0 saturated carbocycles. The van der Waals surface area contributed by atoms with Crippen molar-refractivity contribution in [2.24, 2.45) is 5.10 Å². The molecule has 0 aliphatic rings. The molecule has 0 atom stereocenters. The Labute approximate surface area is 155 Å². The Morgan fingerprint density at radius 3 is 2.23 bits per heavy atom. The van der Waals surface area contributed by atoms with Gasteiger partial charge in [0, 0.05) is 21.3 Å². The van der Waals surface area contributed by atoms with Gasteiger partial charge >= 0.3 is 18.0 Å². The molecule has 0 bridgehead atoms. The number of anilines is 1. The summed E-state index contributed by atoms with van der Waals surface area (Å²) in [7, 11) is 0. The number of nitrogens with zero attached hydrogens (tertiary/aromatic N) is 1. The Balaban J connectivity index is 2.02. The zero-order valence-electron chi connectivity index (χ0n) is 12.8. The van der Waals surface area contributed by atoms with E-state index in [9.17, 15) is 22.8 Å². The Bertz CT molecular complexity index is 850. The first-order valence-electron chi connectivity index (χ1n) is 6.93. The van der Waals surface area contributed by atoms with Crippen LogP contribution in [0.15, 0.2) is 47.6 Å². The van der Waals surface area contributed by atoms with E-state index >= 15 is 0 Å². The van der Waals surface area contributed by atoms with Crippen LogP contribution >= 0.6 is 23.2 Å². The minimum atomic E-state index is -4.57. The number of amides is 2. The minimum Gasteiger partial charge on any atom is -0.318 e. The van der Waals surface area contributed by atoms with E-state index in [1.807, 2.05) is 5.43 Å². The molecule has 5 nitrogen and oxygen atoms in total. The number of nitrogens with one attached hydrogen (secondary N) is 2. The van der Waals surface area contributed by atoms with E-state index in [1.165, 1.54) is 36.4 Å². The SMILES string of the molecule is O=C(N/N=C\c1ccccc1C(F)(F)F)C(=O)Nc1cc(Cl)cc(Cl)c1. The second kappa shape index (κ2) is 8.20. The number of hydrazone groups is 1. The second-order valence-corrected chi connectivity index (χ2v) is 5.77. The summed E-state index contributed by atoms with van der Waals surface area (Å²) in [6.07, 6.45) is -3.78. The van der Waals surface area contributed by atoms with E-state index < -0.39 is 23.6 Å². The summed E-state index contributed by atoms with van der Waals surface area (Å²) in [4.78, 5) is 23.4. The summed E-state index contributed by atoms with van der Waals surface area (Å²) >= 11 is 11.5. The normalized spacial score (nSPS) is 11.4.